The van der Waals surface area contributed by atoms with E-state index in [2.05, 4.69) is 37.0 Å². The molecule has 0 fully saturated rings. The lowest BCUT2D eigenvalue weighted by molar-refractivity contribution is 0.102. The van der Waals surface area contributed by atoms with E-state index in [1.165, 1.54) is 0 Å². The minimum absolute atomic E-state index is 0.0918. The third-order valence-corrected chi connectivity index (χ3v) is 3.67. The van der Waals surface area contributed by atoms with Gasteiger partial charge in [-0.1, -0.05) is 22.9 Å². The molecule has 2 rings (SSSR count). The Bertz CT molecular complexity index is 602. The summed E-state index contributed by atoms with van der Waals surface area (Å²) in [6, 6.07) is 5.19. The maximum Gasteiger partial charge on any atom is 0.212 e. The molecule has 0 atom stereocenters. The molecule has 0 spiro atoms. The Kier molecular flexibility index (Phi) is 4.42. The Morgan fingerprint density at radius 1 is 1.37 bits per heavy atom. The Labute approximate surface area is 128 Å². The van der Waals surface area contributed by atoms with Crippen molar-refractivity contribution in [2.24, 2.45) is 0 Å². The van der Waals surface area contributed by atoms with Gasteiger partial charge in [-0.3, -0.25) is 9.48 Å². The van der Waals surface area contributed by atoms with E-state index in [4.69, 9.17) is 5.73 Å². The first-order chi connectivity index (χ1) is 9.02. The van der Waals surface area contributed by atoms with Gasteiger partial charge in [0.15, 0.2) is 0 Å². The molecule has 0 saturated heterocycles. The number of nitrogens with zero attached hydrogens (tertiary/aromatic N) is 2. The second-order valence-electron chi connectivity index (χ2n) is 4.17. The lowest BCUT2D eigenvalue weighted by Gasteiger charge is -2.07. The SMILES string of the molecule is CCCn1ncc(Br)c1C(=O)c1cc(N)cc(Br)c1. The van der Waals surface area contributed by atoms with Crippen LogP contribution in [0.3, 0.4) is 0 Å². The number of hydrogen-bond donors (Lipinski definition) is 1. The van der Waals surface area contributed by atoms with Gasteiger partial charge < -0.3 is 5.73 Å². The summed E-state index contributed by atoms with van der Waals surface area (Å²) in [4.78, 5) is 12.6. The molecule has 6 heteroatoms. The zero-order valence-electron chi connectivity index (χ0n) is 10.4. The molecule has 0 bridgehead atoms. The lowest BCUT2D eigenvalue weighted by atomic mass is 10.1. The summed E-state index contributed by atoms with van der Waals surface area (Å²) in [6.07, 6.45) is 2.55. The van der Waals surface area contributed by atoms with E-state index in [0.29, 0.717) is 28.0 Å². The molecule has 2 N–H and O–H groups in total. The molecule has 0 saturated carbocycles. The Balaban J connectivity index is 2.46. The van der Waals surface area contributed by atoms with Crippen molar-refractivity contribution in [3.63, 3.8) is 0 Å². The summed E-state index contributed by atoms with van der Waals surface area (Å²) < 4.78 is 3.20. The van der Waals surface area contributed by atoms with Crippen molar-refractivity contribution >= 4 is 43.3 Å². The smallest absolute Gasteiger partial charge is 0.212 e. The first kappa shape index (κ1) is 14.3. The fourth-order valence-corrected chi connectivity index (χ4v) is 2.84. The van der Waals surface area contributed by atoms with Crippen LogP contribution in [0.25, 0.3) is 0 Å². The van der Waals surface area contributed by atoms with E-state index >= 15 is 0 Å². The second kappa shape index (κ2) is 5.88. The van der Waals surface area contributed by atoms with Gasteiger partial charge in [-0.25, -0.2) is 0 Å². The van der Waals surface area contributed by atoms with Crippen LogP contribution in [-0.2, 0) is 6.54 Å². The van der Waals surface area contributed by atoms with Crippen molar-refractivity contribution in [2.45, 2.75) is 19.9 Å². The predicted octanol–water partition coefficient (Wildman–Crippen LogP) is 3.63. The van der Waals surface area contributed by atoms with Crippen LogP contribution < -0.4 is 5.73 Å². The van der Waals surface area contributed by atoms with Crippen molar-refractivity contribution in [3.8, 4) is 0 Å². The molecule has 0 unspecified atom stereocenters. The molecule has 1 aromatic carbocycles. The van der Waals surface area contributed by atoms with Crippen LogP contribution in [0.4, 0.5) is 5.69 Å². The zero-order valence-corrected chi connectivity index (χ0v) is 13.5. The third-order valence-electron chi connectivity index (χ3n) is 2.63. The molecule has 1 heterocycles. The van der Waals surface area contributed by atoms with Crippen molar-refractivity contribution in [3.05, 3.63) is 44.6 Å². The largest absolute Gasteiger partial charge is 0.399 e. The van der Waals surface area contributed by atoms with Gasteiger partial charge in [0.25, 0.3) is 0 Å². The first-order valence-corrected chi connectivity index (χ1v) is 7.43. The number of carbonyl (C=O) groups excluding carboxylic acids is 1. The maximum absolute atomic E-state index is 12.6. The molecule has 19 heavy (non-hydrogen) atoms. The van der Waals surface area contributed by atoms with Gasteiger partial charge in [-0.2, -0.15) is 5.10 Å². The van der Waals surface area contributed by atoms with Gasteiger partial charge in [-0.05, 0) is 40.5 Å². The van der Waals surface area contributed by atoms with Crippen LogP contribution in [0, 0.1) is 0 Å². The summed E-state index contributed by atoms with van der Waals surface area (Å²) >= 11 is 6.72. The van der Waals surface area contributed by atoms with Gasteiger partial charge in [0, 0.05) is 22.3 Å². The van der Waals surface area contributed by atoms with Crippen LogP contribution >= 0.6 is 31.9 Å². The highest BCUT2D eigenvalue weighted by atomic mass is 79.9. The molecule has 0 aliphatic carbocycles. The highest BCUT2D eigenvalue weighted by Crippen LogP contribution is 2.24. The van der Waals surface area contributed by atoms with E-state index in [9.17, 15) is 4.79 Å². The van der Waals surface area contributed by atoms with Gasteiger partial charge >= 0.3 is 0 Å². The number of benzene rings is 1. The summed E-state index contributed by atoms with van der Waals surface area (Å²) in [5.41, 5.74) is 7.42. The first-order valence-electron chi connectivity index (χ1n) is 5.85. The molecule has 100 valence electrons. The number of carbonyl (C=O) groups is 1. The van der Waals surface area contributed by atoms with Gasteiger partial charge in [0.05, 0.1) is 10.7 Å². The average Bonchev–Trinajstić information content (AvgIpc) is 2.69. The fraction of sp³-hybridized carbons (Fsp3) is 0.231. The van der Waals surface area contributed by atoms with Crippen LogP contribution in [0.1, 0.15) is 29.4 Å². The van der Waals surface area contributed by atoms with E-state index in [1.54, 1.807) is 29.1 Å². The number of nitrogen functional groups attached to an aromatic ring is 1. The van der Waals surface area contributed by atoms with Crippen molar-refractivity contribution in [1.29, 1.82) is 0 Å². The Hall–Kier alpha value is -1.14. The van der Waals surface area contributed by atoms with Gasteiger partial charge in [0.1, 0.15) is 5.69 Å². The molecular weight excluding hydrogens is 374 g/mol. The predicted molar refractivity (Wildman–Crippen MR) is 82.2 cm³/mol. The molecule has 0 aliphatic heterocycles. The molecule has 2 aromatic rings. The quantitative estimate of drug-likeness (QED) is 0.644. The van der Waals surface area contributed by atoms with Crippen LogP contribution in [0.5, 0.6) is 0 Å². The molecule has 1 aromatic heterocycles. The number of rotatable bonds is 4. The minimum atomic E-state index is -0.0918. The third kappa shape index (κ3) is 3.06. The van der Waals surface area contributed by atoms with Crippen molar-refractivity contribution in [2.75, 3.05) is 5.73 Å². The highest BCUT2D eigenvalue weighted by Gasteiger charge is 2.19. The second-order valence-corrected chi connectivity index (χ2v) is 5.94. The van der Waals surface area contributed by atoms with Crippen molar-refractivity contribution < 1.29 is 4.79 Å². The lowest BCUT2D eigenvalue weighted by Crippen LogP contribution is -2.12. The maximum atomic E-state index is 12.6. The Morgan fingerprint density at radius 3 is 2.74 bits per heavy atom. The number of halogens is 2. The zero-order chi connectivity index (χ0) is 14.0. The number of anilines is 1. The summed E-state index contributed by atoms with van der Waals surface area (Å²) in [5, 5.41) is 4.20. The molecular formula is C13H13Br2N3O. The van der Waals surface area contributed by atoms with E-state index in [0.717, 1.165) is 10.9 Å². The van der Waals surface area contributed by atoms with Crippen LogP contribution in [0.2, 0.25) is 0 Å². The fourth-order valence-electron chi connectivity index (χ4n) is 1.85. The van der Waals surface area contributed by atoms with E-state index < -0.39 is 0 Å². The molecule has 4 nitrogen and oxygen atoms in total. The summed E-state index contributed by atoms with van der Waals surface area (Å²) in [5.74, 6) is -0.0918. The number of aryl methyl sites for hydroxylation is 1. The molecule has 0 amide bonds. The number of aromatic nitrogens is 2. The monoisotopic (exact) mass is 385 g/mol. The van der Waals surface area contributed by atoms with Crippen LogP contribution in [-0.4, -0.2) is 15.6 Å². The number of hydrogen-bond acceptors (Lipinski definition) is 3. The minimum Gasteiger partial charge on any atom is -0.399 e. The van der Waals surface area contributed by atoms with E-state index in [1.807, 2.05) is 6.92 Å². The summed E-state index contributed by atoms with van der Waals surface area (Å²) in [7, 11) is 0. The van der Waals surface area contributed by atoms with Crippen molar-refractivity contribution in [1.82, 2.24) is 9.78 Å². The normalized spacial score (nSPS) is 10.7. The van der Waals surface area contributed by atoms with Gasteiger partial charge in [-0.15, -0.1) is 0 Å². The van der Waals surface area contributed by atoms with Gasteiger partial charge in [0.2, 0.25) is 5.78 Å². The van der Waals surface area contributed by atoms with E-state index in [-0.39, 0.29) is 5.78 Å². The average molecular weight is 387 g/mol. The topological polar surface area (TPSA) is 60.9 Å². The standard InChI is InChI=1S/C13H13Br2N3O/c1-2-3-18-12(11(15)7-17-18)13(19)8-4-9(14)6-10(16)5-8/h4-7H,2-3,16H2,1H3. The van der Waals surface area contributed by atoms with Crippen LogP contribution in [0.15, 0.2) is 33.3 Å². The molecule has 0 aliphatic rings. The highest BCUT2D eigenvalue weighted by molar-refractivity contribution is 9.10. The number of nitrogens with two attached hydrogens (primary N) is 1. The Morgan fingerprint density at radius 2 is 2.11 bits per heavy atom. The number of ketones is 1. The summed E-state index contributed by atoms with van der Waals surface area (Å²) in [6.45, 7) is 2.75. The molecule has 0 radical (unpaired) electrons.